The quantitative estimate of drug-likeness (QED) is 0.508. The molecule has 162 valence electrons. The molecule has 3 aromatic rings. The first-order valence-corrected chi connectivity index (χ1v) is 10.4. The number of sulfonamides is 1. The van der Waals surface area contributed by atoms with Gasteiger partial charge in [0.2, 0.25) is 0 Å². The molecule has 0 fully saturated rings. The molecule has 0 N–H and O–H groups in total. The SMILES string of the molecule is O=S(=O)(c1cccc(C(F)(F)F)c1)N1CCOc2ccc(-c3cc(F)ccc3F)cc21. The first kappa shape index (κ1) is 21.1. The van der Waals surface area contributed by atoms with Gasteiger partial charge in [0.25, 0.3) is 10.0 Å². The number of hydrogen-bond donors (Lipinski definition) is 0. The highest BCUT2D eigenvalue weighted by molar-refractivity contribution is 7.92. The molecule has 0 saturated heterocycles. The van der Waals surface area contributed by atoms with Gasteiger partial charge in [0.05, 0.1) is 22.7 Å². The maximum Gasteiger partial charge on any atom is 0.416 e. The predicted molar refractivity (Wildman–Crippen MR) is 103 cm³/mol. The van der Waals surface area contributed by atoms with Crippen LogP contribution >= 0.6 is 0 Å². The molecule has 4 nitrogen and oxygen atoms in total. The molecule has 0 atom stereocenters. The van der Waals surface area contributed by atoms with E-state index in [4.69, 9.17) is 4.74 Å². The summed E-state index contributed by atoms with van der Waals surface area (Å²) in [6, 6.07) is 10.4. The molecule has 0 spiro atoms. The Labute approximate surface area is 174 Å². The number of rotatable bonds is 3. The van der Waals surface area contributed by atoms with Crippen molar-refractivity contribution in [1.29, 1.82) is 0 Å². The van der Waals surface area contributed by atoms with Gasteiger partial charge in [-0.3, -0.25) is 4.31 Å². The first-order chi connectivity index (χ1) is 14.6. The normalized spacial score (nSPS) is 14.2. The van der Waals surface area contributed by atoms with Crippen LogP contribution in [0.2, 0.25) is 0 Å². The molecule has 0 amide bonds. The van der Waals surface area contributed by atoms with Crippen molar-refractivity contribution in [3.8, 4) is 16.9 Å². The fraction of sp³-hybridized carbons (Fsp3) is 0.143. The van der Waals surface area contributed by atoms with Gasteiger partial charge in [0.1, 0.15) is 24.0 Å². The van der Waals surface area contributed by atoms with E-state index >= 15 is 0 Å². The second-order valence-corrected chi connectivity index (χ2v) is 8.62. The van der Waals surface area contributed by atoms with E-state index in [1.54, 1.807) is 0 Å². The molecule has 31 heavy (non-hydrogen) atoms. The van der Waals surface area contributed by atoms with Gasteiger partial charge in [-0.05, 0) is 54.1 Å². The van der Waals surface area contributed by atoms with E-state index in [1.807, 2.05) is 0 Å². The summed E-state index contributed by atoms with van der Waals surface area (Å²) < 4.78 is 99.7. The number of hydrogen-bond acceptors (Lipinski definition) is 3. The summed E-state index contributed by atoms with van der Waals surface area (Å²) in [7, 11) is -4.39. The lowest BCUT2D eigenvalue weighted by Gasteiger charge is -2.31. The van der Waals surface area contributed by atoms with Crippen molar-refractivity contribution in [3.05, 3.63) is 77.9 Å². The van der Waals surface area contributed by atoms with Gasteiger partial charge >= 0.3 is 6.18 Å². The topological polar surface area (TPSA) is 46.6 Å². The summed E-state index contributed by atoms with van der Waals surface area (Å²) >= 11 is 0. The second-order valence-electron chi connectivity index (χ2n) is 6.76. The molecule has 3 aromatic carbocycles. The van der Waals surface area contributed by atoms with Crippen LogP contribution in [-0.4, -0.2) is 21.6 Å². The van der Waals surface area contributed by atoms with Crippen molar-refractivity contribution >= 4 is 15.7 Å². The molecule has 0 radical (unpaired) electrons. The van der Waals surface area contributed by atoms with Gasteiger partial charge in [0.15, 0.2) is 0 Å². The van der Waals surface area contributed by atoms with E-state index in [9.17, 15) is 30.4 Å². The third kappa shape index (κ3) is 3.95. The van der Waals surface area contributed by atoms with E-state index in [1.165, 1.54) is 18.2 Å². The number of ether oxygens (including phenoxy) is 1. The summed E-state index contributed by atoms with van der Waals surface area (Å²) in [5.74, 6) is -1.24. The molecule has 0 aliphatic carbocycles. The molecule has 1 heterocycles. The van der Waals surface area contributed by atoms with Crippen LogP contribution in [0.5, 0.6) is 5.75 Å². The van der Waals surface area contributed by atoms with Crippen LogP contribution < -0.4 is 9.04 Å². The van der Waals surface area contributed by atoms with E-state index in [0.717, 1.165) is 40.7 Å². The lowest BCUT2D eigenvalue weighted by molar-refractivity contribution is -0.137. The van der Waals surface area contributed by atoms with Crippen LogP contribution in [0.15, 0.2) is 65.6 Å². The lowest BCUT2D eigenvalue weighted by atomic mass is 10.0. The molecule has 1 aliphatic rings. The Morgan fingerprint density at radius 3 is 2.45 bits per heavy atom. The molecule has 0 aromatic heterocycles. The molecular formula is C21H14F5NO3S. The van der Waals surface area contributed by atoms with Crippen LogP contribution in [0.25, 0.3) is 11.1 Å². The minimum Gasteiger partial charge on any atom is -0.489 e. The fourth-order valence-electron chi connectivity index (χ4n) is 3.29. The van der Waals surface area contributed by atoms with Crippen LogP contribution in [0.4, 0.5) is 27.6 Å². The summed E-state index contributed by atoms with van der Waals surface area (Å²) in [6.07, 6.45) is -4.71. The van der Waals surface area contributed by atoms with Gasteiger partial charge in [0, 0.05) is 5.56 Å². The van der Waals surface area contributed by atoms with Crippen LogP contribution in [0.1, 0.15) is 5.56 Å². The summed E-state index contributed by atoms with van der Waals surface area (Å²) in [6.45, 7) is -0.195. The Hall–Kier alpha value is -3.14. The average molecular weight is 455 g/mol. The largest absolute Gasteiger partial charge is 0.489 e. The van der Waals surface area contributed by atoms with E-state index in [-0.39, 0.29) is 35.7 Å². The maximum atomic E-state index is 14.2. The van der Waals surface area contributed by atoms with Crippen molar-refractivity contribution in [3.63, 3.8) is 0 Å². The van der Waals surface area contributed by atoms with Crippen molar-refractivity contribution in [2.45, 2.75) is 11.1 Å². The highest BCUT2D eigenvalue weighted by Gasteiger charge is 2.35. The minimum atomic E-state index is -4.71. The van der Waals surface area contributed by atoms with Crippen LogP contribution in [-0.2, 0) is 16.2 Å². The Morgan fingerprint density at radius 1 is 0.935 bits per heavy atom. The maximum absolute atomic E-state index is 14.2. The second kappa shape index (κ2) is 7.52. The number of alkyl halides is 3. The highest BCUT2D eigenvalue weighted by atomic mass is 32.2. The number of fused-ring (bicyclic) bond motifs is 1. The standard InChI is InChI=1S/C21H14F5NO3S/c22-15-5-6-18(23)17(12-15)13-4-7-20-19(10-13)27(8-9-30-20)31(28,29)16-3-1-2-14(11-16)21(24,25)26/h1-7,10-12H,8-9H2. The van der Waals surface area contributed by atoms with Crippen molar-refractivity contribution in [2.75, 3.05) is 17.5 Å². The Morgan fingerprint density at radius 2 is 1.71 bits per heavy atom. The molecule has 0 unspecified atom stereocenters. The zero-order valence-corrected chi connectivity index (χ0v) is 16.5. The number of anilines is 1. The van der Waals surface area contributed by atoms with Gasteiger partial charge in [-0.25, -0.2) is 17.2 Å². The van der Waals surface area contributed by atoms with E-state index < -0.39 is 38.3 Å². The Balaban J connectivity index is 1.82. The summed E-state index contributed by atoms with van der Waals surface area (Å²) in [4.78, 5) is -0.544. The third-order valence-corrected chi connectivity index (χ3v) is 6.58. The molecule has 10 heteroatoms. The van der Waals surface area contributed by atoms with Crippen molar-refractivity contribution in [1.82, 2.24) is 0 Å². The Bertz CT molecular complexity index is 1260. The van der Waals surface area contributed by atoms with Gasteiger partial charge in [-0.15, -0.1) is 0 Å². The van der Waals surface area contributed by atoms with Crippen molar-refractivity contribution < 1.29 is 35.1 Å². The zero-order chi connectivity index (χ0) is 22.4. The molecule has 0 bridgehead atoms. The predicted octanol–water partition coefficient (Wildman–Crippen LogP) is 5.24. The smallest absolute Gasteiger partial charge is 0.416 e. The monoisotopic (exact) mass is 455 g/mol. The van der Waals surface area contributed by atoms with E-state index in [2.05, 4.69) is 0 Å². The third-order valence-electron chi connectivity index (χ3n) is 4.77. The fourth-order valence-corrected chi connectivity index (χ4v) is 4.79. The average Bonchev–Trinajstić information content (AvgIpc) is 2.74. The van der Waals surface area contributed by atoms with Gasteiger partial charge < -0.3 is 4.74 Å². The summed E-state index contributed by atoms with van der Waals surface area (Å²) in [5.41, 5.74) is -0.988. The molecule has 0 saturated carbocycles. The van der Waals surface area contributed by atoms with Crippen LogP contribution in [0.3, 0.4) is 0 Å². The molecule has 1 aliphatic heterocycles. The van der Waals surface area contributed by atoms with Gasteiger partial charge in [-0.1, -0.05) is 12.1 Å². The minimum absolute atomic E-state index is 0.0184. The number of nitrogens with zero attached hydrogens (tertiary/aromatic N) is 1. The zero-order valence-electron chi connectivity index (χ0n) is 15.7. The first-order valence-electron chi connectivity index (χ1n) is 9.00. The van der Waals surface area contributed by atoms with Crippen LogP contribution in [0, 0.1) is 11.6 Å². The number of benzene rings is 3. The van der Waals surface area contributed by atoms with Crippen molar-refractivity contribution in [2.24, 2.45) is 0 Å². The summed E-state index contributed by atoms with van der Waals surface area (Å²) in [5, 5.41) is 0. The molecule has 4 rings (SSSR count). The molecular weight excluding hydrogens is 441 g/mol. The Kier molecular flexibility index (Phi) is 5.12. The highest BCUT2D eigenvalue weighted by Crippen LogP contribution is 2.40. The lowest BCUT2D eigenvalue weighted by Crippen LogP contribution is -2.38. The van der Waals surface area contributed by atoms with Gasteiger partial charge in [-0.2, -0.15) is 13.2 Å². The number of halogens is 5. The van der Waals surface area contributed by atoms with E-state index in [0.29, 0.717) is 6.07 Å².